The van der Waals surface area contributed by atoms with Crippen LogP contribution in [-0.2, 0) is 6.54 Å². The monoisotopic (exact) mass is 406 g/mol. The Morgan fingerprint density at radius 1 is 1.36 bits per heavy atom. The second-order valence-corrected chi connectivity index (χ2v) is 7.50. The van der Waals surface area contributed by atoms with Gasteiger partial charge in [-0.2, -0.15) is 0 Å². The molecule has 28 heavy (non-hydrogen) atoms. The van der Waals surface area contributed by atoms with Gasteiger partial charge in [-0.25, -0.2) is 4.39 Å². The van der Waals surface area contributed by atoms with Gasteiger partial charge in [-0.15, -0.1) is 0 Å². The zero-order valence-corrected chi connectivity index (χ0v) is 16.5. The van der Waals surface area contributed by atoms with Crippen molar-refractivity contribution in [1.29, 1.82) is 0 Å². The minimum absolute atomic E-state index is 0.0482. The number of aromatic hydroxyl groups is 1. The van der Waals surface area contributed by atoms with Crippen molar-refractivity contribution in [3.63, 3.8) is 0 Å². The van der Waals surface area contributed by atoms with Crippen LogP contribution >= 0.6 is 11.6 Å². The molecule has 7 heteroatoms. The number of hydrogen-bond donors (Lipinski definition) is 2. The van der Waals surface area contributed by atoms with E-state index in [0.717, 1.165) is 31.5 Å². The third-order valence-corrected chi connectivity index (χ3v) is 5.26. The van der Waals surface area contributed by atoms with E-state index in [2.05, 4.69) is 10.2 Å². The average Bonchev–Trinajstić information content (AvgIpc) is 2.69. The van der Waals surface area contributed by atoms with Crippen LogP contribution in [-0.4, -0.2) is 42.7 Å². The summed E-state index contributed by atoms with van der Waals surface area (Å²) in [5.41, 5.74) is 1.43. The summed E-state index contributed by atoms with van der Waals surface area (Å²) in [6.45, 7) is 3.08. The normalized spacial score (nSPS) is 17.3. The summed E-state index contributed by atoms with van der Waals surface area (Å²) in [5, 5.41) is 13.1. The van der Waals surface area contributed by atoms with Crippen molar-refractivity contribution in [2.75, 3.05) is 26.7 Å². The molecule has 0 saturated carbocycles. The Morgan fingerprint density at radius 2 is 2.11 bits per heavy atom. The number of amides is 1. The van der Waals surface area contributed by atoms with E-state index < -0.39 is 0 Å². The highest BCUT2D eigenvalue weighted by Crippen LogP contribution is 2.35. The molecule has 0 spiro atoms. The lowest BCUT2D eigenvalue weighted by Gasteiger charge is -2.33. The smallest absolute Gasteiger partial charge is 0.251 e. The van der Waals surface area contributed by atoms with Crippen LogP contribution in [0.4, 0.5) is 4.39 Å². The number of hydrogen-bond acceptors (Lipinski definition) is 4. The fraction of sp³-hybridized carbons (Fsp3) is 0.381. The van der Waals surface area contributed by atoms with Gasteiger partial charge in [-0.3, -0.25) is 9.69 Å². The average molecular weight is 407 g/mol. The molecule has 150 valence electrons. The van der Waals surface area contributed by atoms with Gasteiger partial charge in [-0.05, 0) is 67.3 Å². The third-order valence-electron chi connectivity index (χ3n) is 4.98. The van der Waals surface area contributed by atoms with E-state index in [-0.39, 0.29) is 22.5 Å². The van der Waals surface area contributed by atoms with E-state index in [0.29, 0.717) is 30.3 Å². The molecule has 1 aliphatic heterocycles. The molecule has 0 aliphatic carbocycles. The molecule has 2 aromatic rings. The lowest BCUT2D eigenvalue weighted by Crippen LogP contribution is -2.40. The molecular weight excluding hydrogens is 383 g/mol. The highest BCUT2D eigenvalue weighted by atomic mass is 35.5. The number of nitrogens with zero attached hydrogens (tertiary/aromatic N) is 1. The Morgan fingerprint density at radius 3 is 2.82 bits per heavy atom. The second kappa shape index (κ2) is 9.26. The first kappa shape index (κ1) is 20.4. The van der Waals surface area contributed by atoms with Gasteiger partial charge in [0.15, 0.2) is 11.5 Å². The third kappa shape index (κ3) is 5.14. The lowest BCUT2D eigenvalue weighted by atomic mass is 9.97. The second-order valence-electron chi connectivity index (χ2n) is 7.09. The zero-order chi connectivity index (χ0) is 20.1. The number of halogens is 2. The largest absolute Gasteiger partial charge is 0.503 e. The maximum Gasteiger partial charge on any atom is 0.251 e. The van der Waals surface area contributed by atoms with E-state index in [9.17, 15) is 14.3 Å². The van der Waals surface area contributed by atoms with Gasteiger partial charge in [0.1, 0.15) is 5.82 Å². The molecule has 1 atom stereocenters. The van der Waals surface area contributed by atoms with Gasteiger partial charge in [0.2, 0.25) is 0 Å². The first-order valence-corrected chi connectivity index (χ1v) is 9.65. The van der Waals surface area contributed by atoms with Crippen LogP contribution in [0.3, 0.4) is 0 Å². The number of piperidine rings is 1. The van der Waals surface area contributed by atoms with Gasteiger partial charge in [0.05, 0.1) is 12.1 Å². The quantitative estimate of drug-likeness (QED) is 0.765. The number of phenolic OH excluding ortho intramolecular Hbond substituents is 1. The molecule has 1 fully saturated rings. The number of methoxy groups -OCH3 is 1. The topological polar surface area (TPSA) is 61.8 Å². The molecule has 0 bridgehead atoms. The van der Waals surface area contributed by atoms with Crippen LogP contribution in [0.5, 0.6) is 11.5 Å². The Labute approximate surface area is 169 Å². The molecule has 0 radical (unpaired) electrons. The van der Waals surface area contributed by atoms with E-state index in [1.165, 1.54) is 31.4 Å². The number of likely N-dealkylation sites (tertiary alicyclic amines) is 1. The highest BCUT2D eigenvalue weighted by molar-refractivity contribution is 6.32. The summed E-state index contributed by atoms with van der Waals surface area (Å²) >= 11 is 6.08. The van der Waals surface area contributed by atoms with Crippen molar-refractivity contribution < 1.29 is 19.0 Å². The number of rotatable bonds is 6. The van der Waals surface area contributed by atoms with Crippen LogP contribution in [0.1, 0.15) is 28.8 Å². The summed E-state index contributed by atoms with van der Waals surface area (Å²) in [4.78, 5) is 14.5. The van der Waals surface area contributed by atoms with E-state index in [1.807, 2.05) is 0 Å². The van der Waals surface area contributed by atoms with Gasteiger partial charge in [0, 0.05) is 25.2 Å². The molecule has 0 aromatic heterocycles. The van der Waals surface area contributed by atoms with Crippen LogP contribution in [0.25, 0.3) is 0 Å². The number of carbonyl (C=O) groups excluding carboxylic acids is 1. The number of ether oxygens (including phenoxy) is 1. The van der Waals surface area contributed by atoms with Crippen molar-refractivity contribution in [3.05, 3.63) is 58.4 Å². The Balaban J connectivity index is 1.55. The minimum atomic E-state index is -0.356. The fourth-order valence-corrected chi connectivity index (χ4v) is 3.77. The van der Waals surface area contributed by atoms with Gasteiger partial charge < -0.3 is 15.2 Å². The molecule has 1 aliphatic rings. The molecular formula is C21H24ClFN2O3. The standard InChI is InChI=1S/C21H24ClFN2O3/c1-28-19-10-15(9-18(22)20(19)26)13-25-8-2-3-14(12-25)11-24-21(27)16-4-6-17(23)7-5-16/h4-7,9-10,14,26H,2-3,8,11-13H2,1H3,(H,24,27)/t14-/m0/s1. The molecule has 2 aromatic carbocycles. The summed E-state index contributed by atoms with van der Waals surface area (Å²) < 4.78 is 18.1. The highest BCUT2D eigenvalue weighted by Gasteiger charge is 2.21. The Hall–Kier alpha value is -2.31. The zero-order valence-electron chi connectivity index (χ0n) is 15.8. The summed E-state index contributed by atoms with van der Waals surface area (Å²) in [7, 11) is 1.50. The van der Waals surface area contributed by atoms with Crippen molar-refractivity contribution in [2.45, 2.75) is 19.4 Å². The summed E-state index contributed by atoms with van der Waals surface area (Å²) in [6.07, 6.45) is 2.08. The van der Waals surface area contributed by atoms with Gasteiger partial charge >= 0.3 is 0 Å². The Bertz CT molecular complexity index is 829. The number of benzene rings is 2. The van der Waals surface area contributed by atoms with E-state index >= 15 is 0 Å². The van der Waals surface area contributed by atoms with Crippen molar-refractivity contribution in [1.82, 2.24) is 10.2 Å². The van der Waals surface area contributed by atoms with Crippen LogP contribution in [0.2, 0.25) is 5.02 Å². The molecule has 0 unspecified atom stereocenters. The van der Waals surface area contributed by atoms with Gasteiger partial charge in [-0.1, -0.05) is 11.6 Å². The van der Waals surface area contributed by atoms with Crippen molar-refractivity contribution >= 4 is 17.5 Å². The SMILES string of the molecule is COc1cc(CN2CCC[C@@H](CNC(=O)c3ccc(F)cc3)C2)cc(Cl)c1O. The Kier molecular flexibility index (Phi) is 6.75. The summed E-state index contributed by atoms with van der Waals surface area (Å²) in [6, 6.07) is 9.09. The molecule has 2 N–H and O–H groups in total. The molecule has 3 rings (SSSR count). The van der Waals surface area contributed by atoms with E-state index in [4.69, 9.17) is 16.3 Å². The predicted molar refractivity (Wildman–Crippen MR) is 106 cm³/mol. The molecule has 1 heterocycles. The fourth-order valence-electron chi connectivity index (χ4n) is 3.53. The lowest BCUT2D eigenvalue weighted by molar-refractivity contribution is 0.0930. The minimum Gasteiger partial charge on any atom is -0.503 e. The number of phenols is 1. The first-order chi connectivity index (χ1) is 13.5. The van der Waals surface area contributed by atoms with Gasteiger partial charge in [0.25, 0.3) is 5.91 Å². The maximum atomic E-state index is 13.0. The maximum absolute atomic E-state index is 13.0. The molecule has 1 amide bonds. The molecule has 5 nitrogen and oxygen atoms in total. The van der Waals surface area contributed by atoms with E-state index in [1.54, 1.807) is 12.1 Å². The van der Waals surface area contributed by atoms with Crippen molar-refractivity contribution in [3.8, 4) is 11.5 Å². The van der Waals surface area contributed by atoms with Crippen LogP contribution < -0.4 is 10.1 Å². The van der Waals surface area contributed by atoms with Crippen LogP contribution in [0.15, 0.2) is 36.4 Å². The number of carbonyl (C=O) groups is 1. The summed E-state index contributed by atoms with van der Waals surface area (Å²) in [5.74, 6) is 0.112. The first-order valence-electron chi connectivity index (χ1n) is 9.27. The predicted octanol–water partition coefficient (Wildman–Crippen LogP) is 3.84. The van der Waals surface area contributed by atoms with Crippen LogP contribution in [0, 0.1) is 11.7 Å². The molecule has 1 saturated heterocycles. The number of nitrogens with one attached hydrogen (secondary N) is 1. The van der Waals surface area contributed by atoms with Crippen molar-refractivity contribution in [2.24, 2.45) is 5.92 Å².